The van der Waals surface area contributed by atoms with Crippen LogP contribution < -0.4 is 12.8 Å². The topological polar surface area (TPSA) is 63.9 Å². The third-order valence-electron chi connectivity index (χ3n) is 3.34. The third-order valence-corrected chi connectivity index (χ3v) is 14.2. The van der Waals surface area contributed by atoms with E-state index in [0.29, 0.717) is 16.6 Å². The molecule has 0 radical (unpaired) electrons. The third kappa shape index (κ3) is 5.00. The summed E-state index contributed by atoms with van der Waals surface area (Å²) in [5.74, 6) is 0.699. The first-order chi connectivity index (χ1) is 12.2. The molecule has 2 aromatic carbocycles. The molecule has 0 amide bonds. The van der Waals surface area contributed by atoms with Gasteiger partial charge in [-0.25, -0.2) is 0 Å². The fourth-order valence-electron chi connectivity index (χ4n) is 2.15. The summed E-state index contributed by atoms with van der Waals surface area (Å²) in [5.41, 5.74) is 6.88. The maximum absolute atomic E-state index is 6.17. The molecule has 0 saturated heterocycles. The Morgan fingerprint density at radius 3 is 2.00 bits per heavy atom. The molecule has 0 bridgehead atoms. The van der Waals surface area contributed by atoms with Crippen LogP contribution in [-0.4, -0.2) is 29.7 Å². The summed E-state index contributed by atoms with van der Waals surface area (Å²) in [6.45, 7) is 1.85. The van der Waals surface area contributed by atoms with E-state index in [1.54, 1.807) is 15.1 Å². The molecule has 4 nitrogen and oxygen atoms in total. The van der Waals surface area contributed by atoms with Gasteiger partial charge in [0.2, 0.25) is 0 Å². The van der Waals surface area contributed by atoms with Crippen molar-refractivity contribution in [1.29, 1.82) is 0 Å². The predicted molar refractivity (Wildman–Crippen MR) is 108 cm³/mol. The molecule has 0 spiro atoms. The van der Waals surface area contributed by atoms with E-state index >= 15 is 0 Å². The minimum absolute atomic E-state index is 0.488. The first kappa shape index (κ1) is 17.8. The minimum atomic E-state index is -2.08. The first-order valence-corrected chi connectivity index (χ1v) is 14.2. The van der Waals surface area contributed by atoms with E-state index in [-0.39, 0.29) is 0 Å². The van der Waals surface area contributed by atoms with E-state index < -0.39 is 18.8 Å². The van der Waals surface area contributed by atoms with Crippen molar-refractivity contribution in [3.05, 3.63) is 84.8 Å². The SMILES string of the molecule is C/C(=N\N=C(/N)[S][Sb]([c]1ccccc1)[c]1ccccc1)c1ccco1. The molecule has 6 heteroatoms. The number of rotatable bonds is 5. The van der Waals surface area contributed by atoms with Gasteiger partial charge < -0.3 is 0 Å². The molecule has 1 heterocycles. The van der Waals surface area contributed by atoms with Crippen molar-refractivity contribution < 1.29 is 4.42 Å². The van der Waals surface area contributed by atoms with Crippen molar-refractivity contribution in [2.24, 2.45) is 15.9 Å². The van der Waals surface area contributed by atoms with Gasteiger partial charge in [-0.15, -0.1) is 0 Å². The van der Waals surface area contributed by atoms with E-state index in [1.165, 1.54) is 7.02 Å². The Morgan fingerprint density at radius 1 is 0.880 bits per heavy atom. The van der Waals surface area contributed by atoms with E-state index in [0.717, 1.165) is 0 Å². The Labute approximate surface area is 157 Å². The summed E-state index contributed by atoms with van der Waals surface area (Å²) in [5, 5.41) is 8.89. The summed E-state index contributed by atoms with van der Waals surface area (Å²) >= 11 is -2.08. The number of amidine groups is 1. The molecular weight excluding hydrogens is 440 g/mol. The van der Waals surface area contributed by atoms with E-state index in [1.807, 2.05) is 31.2 Å². The summed E-state index contributed by atoms with van der Waals surface area (Å²) in [6, 6.07) is 24.7. The van der Waals surface area contributed by atoms with Gasteiger partial charge in [-0.1, -0.05) is 0 Å². The molecule has 2 N–H and O–H groups in total. The van der Waals surface area contributed by atoms with Crippen molar-refractivity contribution in [2.45, 2.75) is 6.92 Å². The molecule has 0 unspecified atom stereocenters. The predicted octanol–water partition coefficient (Wildman–Crippen LogP) is 2.86. The van der Waals surface area contributed by atoms with Crippen LogP contribution in [0.5, 0.6) is 0 Å². The van der Waals surface area contributed by atoms with Crippen LogP contribution in [0.4, 0.5) is 0 Å². The zero-order valence-corrected chi connectivity index (χ0v) is 17.1. The Hall–Kier alpha value is -1.97. The average molecular weight is 458 g/mol. The Bertz CT molecular complexity index is 809. The fraction of sp³-hybridized carbons (Fsp3) is 0.0526. The van der Waals surface area contributed by atoms with Crippen LogP contribution in [0.2, 0.25) is 0 Å². The molecule has 0 atom stereocenters. The van der Waals surface area contributed by atoms with Crippen LogP contribution in [0.3, 0.4) is 0 Å². The van der Waals surface area contributed by atoms with Gasteiger partial charge in [0, 0.05) is 0 Å². The van der Waals surface area contributed by atoms with E-state index in [9.17, 15) is 0 Å². The van der Waals surface area contributed by atoms with Crippen LogP contribution >= 0.6 is 8.85 Å². The van der Waals surface area contributed by atoms with Gasteiger partial charge in [0.25, 0.3) is 0 Å². The van der Waals surface area contributed by atoms with Crippen LogP contribution in [0.15, 0.2) is 93.7 Å². The van der Waals surface area contributed by atoms with Gasteiger partial charge in [-0.2, -0.15) is 0 Å². The second-order valence-electron chi connectivity index (χ2n) is 5.16. The molecule has 0 saturated carbocycles. The van der Waals surface area contributed by atoms with Gasteiger partial charge in [0.15, 0.2) is 0 Å². The molecule has 3 rings (SSSR count). The number of hydrogen-bond donors (Lipinski definition) is 1. The number of furan rings is 1. The molecule has 0 fully saturated rings. The van der Waals surface area contributed by atoms with Crippen LogP contribution in [0.25, 0.3) is 0 Å². The van der Waals surface area contributed by atoms with Crippen molar-refractivity contribution in [3.63, 3.8) is 0 Å². The molecule has 1 aromatic heterocycles. The van der Waals surface area contributed by atoms with Gasteiger partial charge >= 0.3 is 158 Å². The van der Waals surface area contributed by atoms with Crippen molar-refractivity contribution >= 4 is 45.6 Å². The summed E-state index contributed by atoms with van der Waals surface area (Å²) in [4.78, 5) is 0. The number of benzene rings is 2. The molecule has 0 aliphatic heterocycles. The molecule has 0 aliphatic carbocycles. The van der Waals surface area contributed by atoms with Crippen molar-refractivity contribution in [1.82, 2.24) is 0 Å². The van der Waals surface area contributed by atoms with E-state index in [4.69, 9.17) is 10.2 Å². The normalized spacial score (nSPS) is 12.6. The molecule has 3 aromatic rings. The standard InChI is InChI=1S/C7H9N3OS.2C6H5.Sb/c1-5(9-10-7(8)12)6-3-2-4-11-6;2*1-2-4-6-5-3-1;/h2-4H,1H3,(H3,8,10,12);2*1-5H;/q;;;+1/p-1/b9-5+;;;. The second kappa shape index (κ2) is 8.93. The van der Waals surface area contributed by atoms with Gasteiger partial charge in [0.1, 0.15) is 0 Å². The quantitative estimate of drug-likeness (QED) is 0.277. The maximum atomic E-state index is 6.17. The second-order valence-corrected chi connectivity index (χ2v) is 14.4. The first-order valence-electron chi connectivity index (χ1n) is 7.74. The Kier molecular flexibility index (Phi) is 6.37. The molecule has 126 valence electrons. The summed E-state index contributed by atoms with van der Waals surface area (Å²) in [7, 11) is 1.66. The monoisotopic (exact) mass is 457 g/mol. The van der Waals surface area contributed by atoms with Crippen LogP contribution in [-0.2, 0) is 0 Å². The molecule has 0 aliphatic rings. The van der Waals surface area contributed by atoms with Gasteiger partial charge in [-0.05, 0) is 0 Å². The molecule has 25 heavy (non-hydrogen) atoms. The Morgan fingerprint density at radius 2 is 1.48 bits per heavy atom. The molecular formula is C19H18N3OSSb. The summed E-state index contributed by atoms with van der Waals surface area (Å²) in [6.07, 6.45) is 1.62. The van der Waals surface area contributed by atoms with Gasteiger partial charge in [0.05, 0.1) is 0 Å². The Balaban J connectivity index is 1.83. The van der Waals surface area contributed by atoms with Crippen LogP contribution in [0.1, 0.15) is 12.7 Å². The fourth-order valence-corrected chi connectivity index (χ4v) is 11.4. The van der Waals surface area contributed by atoms with Crippen molar-refractivity contribution in [2.75, 3.05) is 0 Å². The van der Waals surface area contributed by atoms with Crippen LogP contribution in [0, 0.1) is 0 Å². The van der Waals surface area contributed by atoms with E-state index in [2.05, 4.69) is 58.7 Å². The number of hydrogen-bond acceptors (Lipinski definition) is 4. The van der Waals surface area contributed by atoms with Crippen molar-refractivity contribution in [3.8, 4) is 0 Å². The zero-order valence-electron chi connectivity index (χ0n) is 13.7. The summed E-state index contributed by atoms with van der Waals surface area (Å²) < 4.78 is 8.02. The van der Waals surface area contributed by atoms with Gasteiger partial charge in [-0.3, -0.25) is 0 Å². The average Bonchev–Trinajstić information content (AvgIpc) is 3.20. The zero-order chi connectivity index (χ0) is 17.5. The number of nitrogens with zero attached hydrogens (tertiary/aromatic N) is 2. The number of nitrogens with two attached hydrogens (primary N) is 1.